The van der Waals surface area contributed by atoms with Crippen LogP contribution < -0.4 is 10.6 Å². The van der Waals surface area contributed by atoms with Crippen molar-refractivity contribution < 1.29 is 26.8 Å². The molecule has 27 heavy (non-hydrogen) atoms. The van der Waals surface area contributed by atoms with Crippen LogP contribution in [0.5, 0.6) is 0 Å². The van der Waals surface area contributed by atoms with Crippen molar-refractivity contribution in [2.75, 3.05) is 11.5 Å². The summed E-state index contributed by atoms with van der Waals surface area (Å²) in [6, 6.07) is 1.16. The van der Waals surface area contributed by atoms with Crippen molar-refractivity contribution in [3.05, 3.63) is 41.7 Å². The molecular weight excluding hydrogens is 386 g/mol. The molecule has 1 aliphatic heterocycles. The van der Waals surface area contributed by atoms with Crippen molar-refractivity contribution in [3.63, 3.8) is 0 Å². The zero-order valence-corrected chi connectivity index (χ0v) is 14.5. The van der Waals surface area contributed by atoms with Crippen LogP contribution in [0, 0.1) is 11.6 Å². The van der Waals surface area contributed by atoms with Crippen molar-refractivity contribution in [1.82, 2.24) is 30.8 Å². The Morgan fingerprint density at radius 3 is 2.56 bits per heavy atom. The number of hydrogen-bond acceptors (Lipinski definition) is 7. The number of rotatable bonds is 5. The van der Waals surface area contributed by atoms with Gasteiger partial charge in [0.05, 0.1) is 29.2 Å². The van der Waals surface area contributed by atoms with Crippen molar-refractivity contribution in [2.45, 2.75) is 18.6 Å². The van der Waals surface area contributed by atoms with Crippen LogP contribution in [-0.4, -0.2) is 64.0 Å². The normalized spacial score (nSPS) is 21.0. The quantitative estimate of drug-likeness (QED) is 0.634. The molecule has 1 fully saturated rings. The molecule has 144 valence electrons. The maximum Gasteiger partial charge on any atom is 0.254 e. The van der Waals surface area contributed by atoms with Crippen molar-refractivity contribution in [3.8, 4) is 0 Å². The van der Waals surface area contributed by atoms with Crippen LogP contribution in [0.1, 0.15) is 10.4 Å². The summed E-state index contributed by atoms with van der Waals surface area (Å²) < 4.78 is 52.0. The minimum absolute atomic E-state index is 0.247. The smallest absolute Gasteiger partial charge is 0.254 e. The average molecular weight is 400 g/mol. The monoisotopic (exact) mass is 400 g/mol. The van der Waals surface area contributed by atoms with E-state index in [1.54, 1.807) is 0 Å². The largest absolute Gasteiger partial charge is 0.349 e. The summed E-state index contributed by atoms with van der Waals surface area (Å²) in [5.74, 6) is -4.92. The third-order valence-electron chi connectivity index (χ3n) is 3.91. The van der Waals surface area contributed by atoms with E-state index in [1.165, 1.54) is 6.33 Å². The van der Waals surface area contributed by atoms with Crippen molar-refractivity contribution >= 4 is 21.7 Å². The van der Waals surface area contributed by atoms with Gasteiger partial charge in [-0.3, -0.25) is 9.59 Å². The Balaban J connectivity index is 1.71. The Bertz CT molecular complexity index is 966. The minimum atomic E-state index is -3.54. The molecular formula is C14H14F2N6O4S. The van der Waals surface area contributed by atoms with E-state index >= 15 is 0 Å². The van der Waals surface area contributed by atoms with Gasteiger partial charge in [0.1, 0.15) is 12.9 Å². The number of sulfone groups is 1. The minimum Gasteiger partial charge on any atom is -0.349 e. The number of carbonyl (C=O) groups excluding carboxylic acids is 2. The lowest BCUT2D eigenvalue weighted by Gasteiger charge is -2.21. The van der Waals surface area contributed by atoms with E-state index in [4.69, 9.17) is 0 Å². The summed E-state index contributed by atoms with van der Waals surface area (Å²) in [7, 11) is -3.54. The van der Waals surface area contributed by atoms with Crippen LogP contribution in [0.4, 0.5) is 8.78 Å². The first-order valence-corrected chi connectivity index (χ1v) is 9.53. The second-order valence-electron chi connectivity index (χ2n) is 5.94. The van der Waals surface area contributed by atoms with Gasteiger partial charge in [0.25, 0.3) is 5.91 Å². The van der Waals surface area contributed by atoms with Crippen LogP contribution in [-0.2, 0) is 21.2 Å². The van der Waals surface area contributed by atoms with Gasteiger partial charge >= 0.3 is 0 Å². The molecule has 0 unspecified atom stereocenters. The highest BCUT2D eigenvalue weighted by Crippen LogP contribution is 2.16. The summed E-state index contributed by atoms with van der Waals surface area (Å²) in [6.07, 6.45) is 1.21. The Kier molecular flexibility index (Phi) is 5.12. The van der Waals surface area contributed by atoms with Gasteiger partial charge < -0.3 is 10.6 Å². The maximum atomic E-state index is 13.8. The summed E-state index contributed by atoms with van der Waals surface area (Å²) >= 11 is 0. The standard InChI is InChI=1S/C14H14F2N6O4S/c15-9-3-1-2-8(13(9)16)14(24)19-11-6-27(25,26)5-10(11)18-12(23)4-22-7-17-20-21-22/h1-3,7,10-11H,4-6H2,(H,18,23)(H,19,24)/t10-,11-/m1/s1. The van der Waals surface area contributed by atoms with Gasteiger partial charge in [0.15, 0.2) is 21.5 Å². The predicted molar refractivity (Wildman–Crippen MR) is 86.0 cm³/mol. The van der Waals surface area contributed by atoms with Crippen LogP contribution in [0.15, 0.2) is 24.5 Å². The second kappa shape index (κ2) is 7.34. The Labute approximate surface area is 151 Å². The zero-order valence-electron chi connectivity index (χ0n) is 13.7. The van der Waals surface area contributed by atoms with Gasteiger partial charge in [-0.1, -0.05) is 6.07 Å². The molecule has 0 radical (unpaired) electrons. The first-order valence-electron chi connectivity index (χ1n) is 7.70. The first-order chi connectivity index (χ1) is 12.7. The summed E-state index contributed by atoms with van der Waals surface area (Å²) in [4.78, 5) is 24.2. The molecule has 2 heterocycles. The number of benzene rings is 1. The fourth-order valence-corrected chi connectivity index (χ4v) is 4.57. The van der Waals surface area contributed by atoms with Crippen LogP contribution in [0.3, 0.4) is 0 Å². The van der Waals surface area contributed by atoms with Crippen molar-refractivity contribution in [2.24, 2.45) is 0 Å². The predicted octanol–water partition coefficient (Wildman–Crippen LogP) is -1.34. The third-order valence-corrected chi connectivity index (χ3v) is 5.64. The molecule has 0 spiro atoms. The number of nitrogens with one attached hydrogen (secondary N) is 2. The van der Waals surface area contributed by atoms with Crippen LogP contribution in [0.2, 0.25) is 0 Å². The van der Waals surface area contributed by atoms with E-state index in [0.29, 0.717) is 0 Å². The number of carbonyl (C=O) groups is 2. The maximum absolute atomic E-state index is 13.8. The van der Waals surface area contributed by atoms with Gasteiger partial charge in [-0.2, -0.15) is 0 Å². The van der Waals surface area contributed by atoms with Gasteiger partial charge in [0, 0.05) is 0 Å². The molecule has 1 aromatic heterocycles. The van der Waals surface area contributed by atoms with E-state index in [0.717, 1.165) is 22.9 Å². The fraction of sp³-hybridized carbons (Fsp3) is 0.357. The number of halogens is 2. The molecule has 2 amide bonds. The summed E-state index contributed by atoms with van der Waals surface area (Å²) in [6.45, 7) is -0.247. The third kappa shape index (κ3) is 4.42. The SMILES string of the molecule is O=C(Cn1cnnn1)N[C@@H]1CS(=O)(=O)C[C@H]1NC(=O)c1cccc(F)c1F. The Hall–Kier alpha value is -2.96. The number of nitrogens with zero attached hydrogens (tertiary/aromatic N) is 4. The van der Waals surface area contributed by atoms with E-state index in [1.807, 2.05) is 0 Å². The van der Waals surface area contributed by atoms with Gasteiger partial charge in [-0.25, -0.2) is 21.9 Å². The fourth-order valence-electron chi connectivity index (χ4n) is 2.71. The van der Waals surface area contributed by atoms with E-state index in [-0.39, 0.29) is 6.54 Å². The number of tetrazole rings is 1. The molecule has 1 aliphatic rings. The molecule has 0 bridgehead atoms. The molecule has 13 heteroatoms. The highest BCUT2D eigenvalue weighted by molar-refractivity contribution is 7.91. The van der Waals surface area contributed by atoms with E-state index in [9.17, 15) is 26.8 Å². The lowest BCUT2D eigenvalue weighted by Crippen LogP contribution is -2.51. The number of amides is 2. The molecule has 1 aromatic carbocycles. The summed E-state index contributed by atoms with van der Waals surface area (Å²) in [5, 5.41) is 15.1. The van der Waals surface area contributed by atoms with Crippen molar-refractivity contribution in [1.29, 1.82) is 0 Å². The lowest BCUT2D eigenvalue weighted by atomic mass is 10.1. The molecule has 0 saturated carbocycles. The van der Waals surface area contributed by atoms with Gasteiger partial charge in [-0.15, -0.1) is 5.10 Å². The summed E-state index contributed by atoms with van der Waals surface area (Å²) in [5.41, 5.74) is -0.557. The topological polar surface area (TPSA) is 136 Å². The zero-order chi connectivity index (χ0) is 19.6. The average Bonchev–Trinajstić information content (AvgIpc) is 3.17. The number of aromatic nitrogens is 4. The highest BCUT2D eigenvalue weighted by Gasteiger charge is 2.39. The molecule has 10 nitrogen and oxygen atoms in total. The second-order valence-corrected chi connectivity index (χ2v) is 8.09. The number of hydrogen-bond donors (Lipinski definition) is 2. The molecule has 0 aliphatic carbocycles. The highest BCUT2D eigenvalue weighted by atomic mass is 32.2. The molecule has 2 aromatic rings. The van der Waals surface area contributed by atoms with Crippen LogP contribution >= 0.6 is 0 Å². The van der Waals surface area contributed by atoms with E-state index in [2.05, 4.69) is 26.2 Å². The molecule has 2 atom stereocenters. The molecule has 1 saturated heterocycles. The first kappa shape index (κ1) is 18.8. The Morgan fingerprint density at radius 2 is 1.89 bits per heavy atom. The lowest BCUT2D eigenvalue weighted by molar-refractivity contribution is -0.122. The van der Waals surface area contributed by atoms with Crippen LogP contribution in [0.25, 0.3) is 0 Å². The van der Waals surface area contributed by atoms with Gasteiger partial charge in [0.2, 0.25) is 5.91 Å². The van der Waals surface area contributed by atoms with E-state index < -0.39 is 62.4 Å². The van der Waals surface area contributed by atoms with Gasteiger partial charge in [-0.05, 0) is 22.6 Å². The Morgan fingerprint density at radius 1 is 1.19 bits per heavy atom. The molecule has 2 N–H and O–H groups in total. The molecule has 3 rings (SSSR count).